The van der Waals surface area contributed by atoms with E-state index in [0.717, 1.165) is 31.6 Å². The molecule has 1 aromatic rings. The molecule has 2 rings (SSSR count). The first-order valence-corrected chi connectivity index (χ1v) is 7.02. The highest BCUT2D eigenvalue weighted by Crippen LogP contribution is 2.29. The zero-order chi connectivity index (χ0) is 14.8. The van der Waals surface area contributed by atoms with Gasteiger partial charge in [0.2, 0.25) is 0 Å². The van der Waals surface area contributed by atoms with Gasteiger partial charge in [0.15, 0.2) is 0 Å². The molecular weight excluding hydrogens is 254 g/mol. The second-order valence-electron chi connectivity index (χ2n) is 5.69. The molecule has 1 aromatic carbocycles. The Hall–Kier alpha value is -1.75. The summed E-state index contributed by atoms with van der Waals surface area (Å²) in [5.74, 6) is -0.115. The summed E-state index contributed by atoms with van der Waals surface area (Å²) in [7, 11) is 1.62. The van der Waals surface area contributed by atoms with Crippen LogP contribution in [0.25, 0.3) is 0 Å². The van der Waals surface area contributed by atoms with Crippen LogP contribution in [0, 0.1) is 0 Å². The smallest absolute Gasteiger partial charge is 0.253 e. The quantitative estimate of drug-likeness (QED) is 0.713. The maximum absolute atomic E-state index is 12.0. The van der Waals surface area contributed by atoms with Crippen LogP contribution in [0.5, 0.6) is 0 Å². The maximum Gasteiger partial charge on any atom is 0.253 e. The van der Waals surface area contributed by atoms with Gasteiger partial charge in [-0.15, -0.1) is 0 Å². The lowest BCUT2D eigenvalue weighted by molar-refractivity contribution is 0.0481. The summed E-state index contributed by atoms with van der Waals surface area (Å²) in [6.45, 7) is 3.42. The van der Waals surface area contributed by atoms with Crippen molar-refractivity contribution in [3.05, 3.63) is 23.8 Å². The number of nitrogens with two attached hydrogens (primary N) is 1. The molecule has 1 heterocycles. The van der Waals surface area contributed by atoms with Crippen LogP contribution in [0.2, 0.25) is 0 Å². The molecule has 110 valence electrons. The number of carbonyl (C=O) groups excluding carboxylic acids is 1. The van der Waals surface area contributed by atoms with Crippen LogP contribution in [-0.2, 0) is 0 Å². The zero-order valence-electron chi connectivity index (χ0n) is 12.1. The second kappa shape index (κ2) is 5.71. The predicted molar refractivity (Wildman–Crippen MR) is 80.9 cm³/mol. The van der Waals surface area contributed by atoms with Crippen molar-refractivity contribution >= 4 is 17.3 Å². The van der Waals surface area contributed by atoms with Gasteiger partial charge in [-0.2, -0.15) is 0 Å². The van der Waals surface area contributed by atoms with E-state index in [9.17, 15) is 9.90 Å². The summed E-state index contributed by atoms with van der Waals surface area (Å²) < 4.78 is 0. The molecule has 1 unspecified atom stereocenters. The predicted octanol–water partition coefficient (Wildman–Crippen LogP) is 1.37. The summed E-state index contributed by atoms with van der Waals surface area (Å²) >= 11 is 0. The number of rotatable bonds is 2. The number of carbonyl (C=O) groups is 1. The molecule has 4 N–H and O–H groups in total. The molecule has 0 bridgehead atoms. The van der Waals surface area contributed by atoms with E-state index in [4.69, 9.17) is 5.73 Å². The van der Waals surface area contributed by atoms with Gasteiger partial charge in [-0.25, -0.2) is 0 Å². The summed E-state index contributed by atoms with van der Waals surface area (Å²) in [6.07, 6.45) is 2.37. The number of anilines is 2. The minimum absolute atomic E-state index is 0.115. The van der Waals surface area contributed by atoms with E-state index in [1.54, 1.807) is 19.2 Å². The highest BCUT2D eigenvalue weighted by atomic mass is 16.3. The molecule has 1 aliphatic heterocycles. The van der Waals surface area contributed by atoms with Crippen molar-refractivity contribution in [2.75, 3.05) is 30.8 Å². The molecule has 5 heteroatoms. The van der Waals surface area contributed by atoms with E-state index >= 15 is 0 Å². The van der Waals surface area contributed by atoms with Crippen molar-refractivity contribution < 1.29 is 9.90 Å². The van der Waals surface area contributed by atoms with Gasteiger partial charge in [0.25, 0.3) is 5.91 Å². The average Bonchev–Trinajstić information content (AvgIpc) is 2.58. The molecule has 0 radical (unpaired) electrons. The Bertz CT molecular complexity index is 500. The van der Waals surface area contributed by atoms with Crippen molar-refractivity contribution in [3.63, 3.8) is 0 Å². The second-order valence-corrected chi connectivity index (χ2v) is 5.69. The molecule has 0 saturated carbocycles. The van der Waals surface area contributed by atoms with Gasteiger partial charge in [0.1, 0.15) is 0 Å². The maximum atomic E-state index is 12.0. The van der Waals surface area contributed by atoms with E-state index in [1.807, 2.05) is 13.0 Å². The van der Waals surface area contributed by atoms with Crippen molar-refractivity contribution in [2.24, 2.45) is 0 Å². The van der Waals surface area contributed by atoms with Crippen LogP contribution in [-0.4, -0.2) is 36.8 Å². The van der Waals surface area contributed by atoms with E-state index in [2.05, 4.69) is 10.2 Å². The van der Waals surface area contributed by atoms with Crippen LogP contribution in [0.1, 0.15) is 36.5 Å². The van der Waals surface area contributed by atoms with Gasteiger partial charge in [0, 0.05) is 25.8 Å². The van der Waals surface area contributed by atoms with Gasteiger partial charge in [-0.3, -0.25) is 4.79 Å². The van der Waals surface area contributed by atoms with Gasteiger partial charge < -0.3 is 21.1 Å². The average molecular weight is 277 g/mol. The lowest BCUT2D eigenvalue weighted by Crippen LogP contribution is -2.30. The Labute approximate surface area is 119 Å². The Kier molecular flexibility index (Phi) is 4.18. The molecular formula is C15H23N3O2. The third-order valence-electron chi connectivity index (χ3n) is 3.90. The molecule has 5 nitrogen and oxygen atoms in total. The number of nitrogens with zero attached hydrogens (tertiary/aromatic N) is 1. The molecule has 1 amide bonds. The number of hydrogen-bond donors (Lipinski definition) is 3. The number of nitrogen functional groups attached to an aromatic ring is 1. The topological polar surface area (TPSA) is 78.6 Å². The van der Waals surface area contributed by atoms with E-state index < -0.39 is 5.60 Å². The van der Waals surface area contributed by atoms with Crippen LogP contribution in [0.4, 0.5) is 11.4 Å². The Morgan fingerprint density at radius 3 is 2.85 bits per heavy atom. The third kappa shape index (κ3) is 3.22. The minimum atomic E-state index is -0.623. The van der Waals surface area contributed by atoms with E-state index in [1.165, 1.54) is 0 Å². The van der Waals surface area contributed by atoms with E-state index in [-0.39, 0.29) is 5.91 Å². The van der Waals surface area contributed by atoms with Gasteiger partial charge in [-0.1, -0.05) is 0 Å². The van der Waals surface area contributed by atoms with Gasteiger partial charge in [-0.05, 0) is 44.4 Å². The molecule has 20 heavy (non-hydrogen) atoms. The largest absolute Gasteiger partial charge is 0.399 e. The minimum Gasteiger partial charge on any atom is -0.399 e. The fraction of sp³-hybridized carbons (Fsp3) is 0.533. The Morgan fingerprint density at radius 1 is 1.40 bits per heavy atom. The SMILES string of the molecule is CNC(=O)c1ccc(N)cc1N1CCCC(C)(O)CC1. The standard InChI is InChI=1S/C15H23N3O2/c1-15(20)6-3-8-18(9-7-15)13-10-11(16)4-5-12(13)14(19)17-2/h4-5,10,20H,3,6-9,16H2,1-2H3,(H,17,19). The molecule has 1 fully saturated rings. The van der Waals surface area contributed by atoms with Crippen molar-refractivity contribution in [1.82, 2.24) is 5.32 Å². The summed E-state index contributed by atoms with van der Waals surface area (Å²) in [6, 6.07) is 5.33. The van der Waals surface area contributed by atoms with Crippen LogP contribution >= 0.6 is 0 Å². The highest BCUT2D eigenvalue weighted by molar-refractivity contribution is 6.00. The number of benzene rings is 1. The van der Waals surface area contributed by atoms with Crippen molar-refractivity contribution in [2.45, 2.75) is 31.8 Å². The first-order valence-electron chi connectivity index (χ1n) is 7.02. The number of hydrogen-bond acceptors (Lipinski definition) is 4. The monoisotopic (exact) mass is 277 g/mol. The lowest BCUT2D eigenvalue weighted by Gasteiger charge is -2.26. The summed E-state index contributed by atoms with van der Waals surface area (Å²) in [4.78, 5) is 14.1. The number of amides is 1. The van der Waals surface area contributed by atoms with Crippen LogP contribution < -0.4 is 16.0 Å². The fourth-order valence-corrected chi connectivity index (χ4v) is 2.64. The van der Waals surface area contributed by atoms with E-state index in [0.29, 0.717) is 17.7 Å². The molecule has 1 aliphatic rings. The first-order chi connectivity index (χ1) is 9.43. The summed E-state index contributed by atoms with van der Waals surface area (Å²) in [5.41, 5.74) is 7.36. The zero-order valence-corrected chi connectivity index (χ0v) is 12.1. The third-order valence-corrected chi connectivity index (χ3v) is 3.90. The van der Waals surface area contributed by atoms with Crippen molar-refractivity contribution in [1.29, 1.82) is 0 Å². The molecule has 0 aliphatic carbocycles. The highest BCUT2D eigenvalue weighted by Gasteiger charge is 2.26. The lowest BCUT2D eigenvalue weighted by atomic mass is 9.98. The molecule has 1 saturated heterocycles. The van der Waals surface area contributed by atoms with Gasteiger partial charge in [0.05, 0.1) is 16.9 Å². The normalized spacial score (nSPS) is 23.2. The van der Waals surface area contributed by atoms with Crippen LogP contribution in [0.15, 0.2) is 18.2 Å². The summed E-state index contributed by atoms with van der Waals surface area (Å²) in [5, 5.41) is 12.8. The number of aliphatic hydroxyl groups is 1. The fourth-order valence-electron chi connectivity index (χ4n) is 2.64. The number of nitrogens with one attached hydrogen (secondary N) is 1. The molecule has 0 aromatic heterocycles. The Morgan fingerprint density at radius 2 is 2.15 bits per heavy atom. The first kappa shape index (κ1) is 14.7. The molecule has 0 spiro atoms. The Balaban J connectivity index is 2.31. The van der Waals surface area contributed by atoms with Gasteiger partial charge >= 0.3 is 0 Å². The van der Waals surface area contributed by atoms with Crippen LogP contribution in [0.3, 0.4) is 0 Å². The van der Waals surface area contributed by atoms with Crippen molar-refractivity contribution in [3.8, 4) is 0 Å². The molecule has 1 atom stereocenters.